The second-order valence-corrected chi connectivity index (χ2v) is 8.35. The summed E-state index contributed by atoms with van der Waals surface area (Å²) in [5.74, 6) is -0.435. The number of likely N-dealkylation sites (tertiary alicyclic amines) is 1. The number of aromatic nitrogens is 1. The van der Waals surface area contributed by atoms with E-state index in [1.165, 1.54) is 4.90 Å². The number of hydrogen-bond acceptors (Lipinski definition) is 3. The zero-order chi connectivity index (χ0) is 18.7. The van der Waals surface area contributed by atoms with Crippen LogP contribution in [0.25, 0.3) is 0 Å². The SMILES string of the molecule is Cn1cccc1C(=O)N1C[C@@H](F)C[C@H]1CNS(=O)(=O)Cc1ccccc1. The largest absolute Gasteiger partial charge is 0.347 e. The van der Waals surface area contributed by atoms with Crippen molar-refractivity contribution in [2.24, 2.45) is 7.05 Å². The van der Waals surface area contributed by atoms with E-state index in [0.29, 0.717) is 11.3 Å². The summed E-state index contributed by atoms with van der Waals surface area (Å²) >= 11 is 0. The average Bonchev–Trinajstić information content (AvgIpc) is 3.18. The van der Waals surface area contributed by atoms with Crippen molar-refractivity contribution in [3.05, 3.63) is 59.9 Å². The van der Waals surface area contributed by atoms with E-state index in [0.717, 1.165) is 0 Å². The molecule has 1 saturated heterocycles. The summed E-state index contributed by atoms with van der Waals surface area (Å²) in [6.45, 7) is -0.0131. The number of sulfonamides is 1. The lowest BCUT2D eigenvalue weighted by molar-refractivity contribution is 0.0722. The number of carbonyl (C=O) groups excluding carboxylic acids is 1. The topological polar surface area (TPSA) is 71.4 Å². The zero-order valence-electron chi connectivity index (χ0n) is 14.5. The summed E-state index contributed by atoms with van der Waals surface area (Å²) in [5.41, 5.74) is 1.13. The van der Waals surface area contributed by atoms with Crippen molar-refractivity contribution in [1.29, 1.82) is 0 Å². The van der Waals surface area contributed by atoms with Crippen LogP contribution in [0.1, 0.15) is 22.5 Å². The molecule has 2 heterocycles. The zero-order valence-corrected chi connectivity index (χ0v) is 15.3. The van der Waals surface area contributed by atoms with E-state index in [1.807, 2.05) is 6.07 Å². The van der Waals surface area contributed by atoms with Crippen molar-refractivity contribution in [3.8, 4) is 0 Å². The summed E-state index contributed by atoms with van der Waals surface area (Å²) in [5, 5.41) is 0. The number of halogens is 1. The molecule has 0 bridgehead atoms. The van der Waals surface area contributed by atoms with Crippen LogP contribution in [0.4, 0.5) is 4.39 Å². The Morgan fingerprint density at radius 3 is 2.62 bits per heavy atom. The average molecular weight is 379 g/mol. The number of amides is 1. The van der Waals surface area contributed by atoms with E-state index in [-0.39, 0.29) is 31.2 Å². The molecule has 1 fully saturated rings. The first-order chi connectivity index (χ1) is 12.4. The lowest BCUT2D eigenvalue weighted by Gasteiger charge is -2.24. The van der Waals surface area contributed by atoms with Crippen LogP contribution in [0, 0.1) is 0 Å². The van der Waals surface area contributed by atoms with Crippen LogP contribution in [0.3, 0.4) is 0 Å². The van der Waals surface area contributed by atoms with Gasteiger partial charge in [-0.3, -0.25) is 4.79 Å². The Bertz CT molecular complexity index is 867. The highest BCUT2D eigenvalue weighted by atomic mass is 32.2. The minimum Gasteiger partial charge on any atom is -0.347 e. The van der Waals surface area contributed by atoms with Crippen LogP contribution in [-0.4, -0.2) is 49.1 Å². The third-order valence-corrected chi connectivity index (χ3v) is 5.85. The number of hydrogen-bond donors (Lipinski definition) is 1. The van der Waals surface area contributed by atoms with Crippen LogP contribution in [0.15, 0.2) is 48.7 Å². The van der Waals surface area contributed by atoms with Crippen LogP contribution < -0.4 is 4.72 Å². The number of aryl methyl sites for hydroxylation is 1. The van der Waals surface area contributed by atoms with Gasteiger partial charge < -0.3 is 9.47 Å². The van der Waals surface area contributed by atoms with Crippen molar-refractivity contribution >= 4 is 15.9 Å². The molecule has 0 spiro atoms. The molecule has 1 aromatic carbocycles. The molecular formula is C18H22FN3O3S. The maximum Gasteiger partial charge on any atom is 0.270 e. The molecule has 0 radical (unpaired) electrons. The first-order valence-corrected chi connectivity index (χ1v) is 10.1. The molecule has 1 aromatic heterocycles. The van der Waals surface area contributed by atoms with Gasteiger partial charge >= 0.3 is 0 Å². The monoisotopic (exact) mass is 379 g/mol. The number of nitrogens with one attached hydrogen (secondary N) is 1. The number of benzene rings is 1. The van der Waals surface area contributed by atoms with Crippen molar-refractivity contribution in [2.75, 3.05) is 13.1 Å². The van der Waals surface area contributed by atoms with Gasteiger partial charge in [0.2, 0.25) is 10.0 Å². The van der Waals surface area contributed by atoms with Gasteiger partial charge in [0.25, 0.3) is 5.91 Å². The molecule has 0 unspecified atom stereocenters. The molecule has 6 nitrogen and oxygen atoms in total. The van der Waals surface area contributed by atoms with Gasteiger partial charge in [0.05, 0.1) is 12.3 Å². The molecule has 3 rings (SSSR count). The number of alkyl halides is 1. The maximum atomic E-state index is 13.9. The number of nitrogens with zero attached hydrogens (tertiary/aromatic N) is 2. The second kappa shape index (κ2) is 7.59. The predicted molar refractivity (Wildman–Crippen MR) is 96.8 cm³/mol. The Labute approximate surface area is 152 Å². The molecule has 1 N–H and O–H groups in total. The van der Waals surface area contributed by atoms with E-state index in [4.69, 9.17) is 0 Å². The van der Waals surface area contributed by atoms with Gasteiger partial charge in [-0.25, -0.2) is 17.5 Å². The highest BCUT2D eigenvalue weighted by Gasteiger charge is 2.36. The molecule has 2 aromatic rings. The number of rotatable bonds is 6. The van der Waals surface area contributed by atoms with Crippen molar-refractivity contribution in [1.82, 2.24) is 14.2 Å². The maximum absolute atomic E-state index is 13.9. The highest BCUT2D eigenvalue weighted by molar-refractivity contribution is 7.88. The van der Waals surface area contributed by atoms with Crippen LogP contribution in [0.2, 0.25) is 0 Å². The Kier molecular flexibility index (Phi) is 5.43. The number of carbonyl (C=O) groups is 1. The summed E-state index contributed by atoms with van der Waals surface area (Å²) < 4.78 is 42.7. The van der Waals surface area contributed by atoms with Crippen molar-refractivity contribution < 1.29 is 17.6 Å². The Balaban J connectivity index is 1.66. The normalized spacial score (nSPS) is 20.5. The highest BCUT2D eigenvalue weighted by Crippen LogP contribution is 2.22. The fourth-order valence-corrected chi connectivity index (χ4v) is 4.38. The molecular weight excluding hydrogens is 357 g/mol. The third-order valence-electron chi connectivity index (χ3n) is 4.53. The van der Waals surface area contributed by atoms with Gasteiger partial charge in [-0.15, -0.1) is 0 Å². The molecule has 1 aliphatic rings. The molecule has 1 aliphatic heterocycles. The predicted octanol–water partition coefficient (Wildman–Crippen LogP) is 1.70. The Morgan fingerprint density at radius 2 is 1.96 bits per heavy atom. The molecule has 140 valence electrons. The Morgan fingerprint density at radius 1 is 1.23 bits per heavy atom. The van der Waals surface area contributed by atoms with Gasteiger partial charge in [0.15, 0.2) is 0 Å². The van der Waals surface area contributed by atoms with Gasteiger partial charge in [-0.05, 0) is 17.7 Å². The third kappa shape index (κ3) is 4.31. The summed E-state index contributed by atoms with van der Waals surface area (Å²) in [6, 6.07) is 11.7. The standard InChI is InChI=1S/C18H22FN3O3S/c1-21-9-5-8-17(21)18(23)22-12-15(19)10-16(22)11-20-26(24,25)13-14-6-3-2-4-7-14/h2-9,15-16,20H,10-13H2,1H3/t15-,16-/m0/s1. The first kappa shape index (κ1) is 18.6. The quantitative estimate of drug-likeness (QED) is 0.830. The minimum atomic E-state index is -3.57. The second-order valence-electron chi connectivity index (χ2n) is 6.54. The molecule has 26 heavy (non-hydrogen) atoms. The summed E-state index contributed by atoms with van der Waals surface area (Å²) in [7, 11) is -1.82. The van der Waals surface area contributed by atoms with Crippen LogP contribution in [-0.2, 0) is 22.8 Å². The first-order valence-electron chi connectivity index (χ1n) is 8.43. The van der Waals surface area contributed by atoms with E-state index in [2.05, 4.69) is 4.72 Å². The smallest absolute Gasteiger partial charge is 0.270 e. The van der Waals surface area contributed by atoms with Gasteiger partial charge in [0, 0.05) is 32.3 Å². The molecule has 0 saturated carbocycles. The van der Waals surface area contributed by atoms with Crippen LogP contribution >= 0.6 is 0 Å². The molecule has 0 aliphatic carbocycles. The van der Waals surface area contributed by atoms with Crippen molar-refractivity contribution in [3.63, 3.8) is 0 Å². The molecule has 2 atom stereocenters. The van der Waals surface area contributed by atoms with Gasteiger partial charge in [-0.2, -0.15) is 0 Å². The Hall–Kier alpha value is -2.19. The summed E-state index contributed by atoms with van der Waals surface area (Å²) in [6.07, 6.45) is 0.723. The fraction of sp³-hybridized carbons (Fsp3) is 0.389. The lowest BCUT2D eigenvalue weighted by Crippen LogP contribution is -2.43. The van der Waals surface area contributed by atoms with Crippen LogP contribution in [0.5, 0.6) is 0 Å². The van der Waals surface area contributed by atoms with Gasteiger partial charge in [0.1, 0.15) is 11.9 Å². The van der Waals surface area contributed by atoms with Crippen molar-refractivity contribution in [2.45, 2.75) is 24.4 Å². The molecule has 8 heteroatoms. The van der Waals surface area contributed by atoms with E-state index in [1.54, 1.807) is 54.2 Å². The van der Waals surface area contributed by atoms with E-state index >= 15 is 0 Å². The summed E-state index contributed by atoms with van der Waals surface area (Å²) in [4.78, 5) is 14.1. The van der Waals surface area contributed by atoms with E-state index < -0.39 is 22.2 Å². The minimum absolute atomic E-state index is 0.00570. The lowest BCUT2D eigenvalue weighted by atomic mass is 10.2. The van der Waals surface area contributed by atoms with E-state index in [9.17, 15) is 17.6 Å². The fourth-order valence-electron chi connectivity index (χ4n) is 3.20. The molecule has 1 amide bonds. The van der Waals surface area contributed by atoms with Gasteiger partial charge in [-0.1, -0.05) is 30.3 Å².